The lowest BCUT2D eigenvalue weighted by molar-refractivity contribution is -0.383. The standard InChI is InChI=1S/C19H17N3O3/c1-12(14-7-6-13-4-2-3-5-15(13)10-14)21-19(23)16-8-9-17(20)18(11-16)22(24)25/h2-12H,20H2,1H3,(H,21,23). The van der Waals surface area contributed by atoms with E-state index in [0.717, 1.165) is 16.3 Å². The van der Waals surface area contributed by atoms with Crippen LogP contribution in [0.3, 0.4) is 0 Å². The number of nitrogens with zero attached hydrogens (tertiary/aromatic N) is 1. The van der Waals surface area contributed by atoms with Gasteiger partial charge < -0.3 is 11.1 Å². The number of fused-ring (bicyclic) bond motifs is 1. The minimum atomic E-state index is -0.598. The van der Waals surface area contributed by atoms with Crippen molar-refractivity contribution in [2.75, 3.05) is 5.73 Å². The van der Waals surface area contributed by atoms with Gasteiger partial charge in [-0.3, -0.25) is 14.9 Å². The summed E-state index contributed by atoms with van der Waals surface area (Å²) in [5.74, 6) is -0.385. The summed E-state index contributed by atoms with van der Waals surface area (Å²) in [6.45, 7) is 1.87. The Hall–Kier alpha value is -3.41. The van der Waals surface area contributed by atoms with E-state index < -0.39 is 4.92 Å². The van der Waals surface area contributed by atoms with Crippen LogP contribution in [-0.2, 0) is 0 Å². The minimum Gasteiger partial charge on any atom is -0.393 e. The summed E-state index contributed by atoms with van der Waals surface area (Å²) in [5, 5.41) is 16.0. The molecule has 0 saturated carbocycles. The van der Waals surface area contributed by atoms with E-state index in [1.807, 2.05) is 49.4 Å². The largest absolute Gasteiger partial charge is 0.393 e. The Balaban J connectivity index is 1.82. The van der Waals surface area contributed by atoms with Crippen molar-refractivity contribution in [2.24, 2.45) is 0 Å². The van der Waals surface area contributed by atoms with Crippen molar-refractivity contribution in [1.82, 2.24) is 5.32 Å². The average molecular weight is 335 g/mol. The highest BCUT2D eigenvalue weighted by atomic mass is 16.6. The fourth-order valence-corrected chi connectivity index (χ4v) is 2.68. The lowest BCUT2D eigenvalue weighted by Crippen LogP contribution is -2.26. The Kier molecular flexibility index (Phi) is 4.35. The summed E-state index contributed by atoms with van der Waals surface area (Å²) in [6.07, 6.45) is 0. The molecule has 0 radical (unpaired) electrons. The SMILES string of the molecule is CC(NC(=O)c1ccc(N)c([N+](=O)[O-])c1)c1ccc2ccccc2c1. The van der Waals surface area contributed by atoms with Gasteiger partial charge in [0.1, 0.15) is 5.69 Å². The molecule has 126 valence electrons. The first-order chi connectivity index (χ1) is 12.0. The van der Waals surface area contributed by atoms with E-state index in [1.54, 1.807) is 0 Å². The maximum absolute atomic E-state index is 12.4. The summed E-state index contributed by atoms with van der Waals surface area (Å²) in [5.41, 5.74) is 6.48. The van der Waals surface area contributed by atoms with Gasteiger partial charge in [0.25, 0.3) is 11.6 Å². The Morgan fingerprint density at radius 1 is 1.08 bits per heavy atom. The van der Waals surface area contributed by atoms with Crippen molar-refractivity contribution >= 4 is 28.1 Å². The van der Waals surface area contributed by atoms with Gasteiger partial charge in [-0.05, 0) is 41.5 Å². The van der Waals surface area contributed by atoms with Gasteiger partial charge in [0.2, 0.25) is 0 Å². The van der Waals surface area contributed by atoms with Crippen LogP contribution < -0.4 is 11.1 Å². The number of rotatable bonds is 4. The molecule has 1 unspecified atom stereocenters. The summed E-state index contributed by atoms with van der Waals surface area (Å²) in [6, 6.07) is 17.7. The van der Waals surface area contributed by atoms with Crippen molar-refractivity contribution in [3.63, 3.8) is 0 Å². The number of amides is 1. The fourth-order valence-electron chi connectivity index (χ4n) is 2.68. The van der Waals surface area contributed by atoms with E-state index in [2.05, 4.69) is 5.32 Å². The van der Waals surface area contributed by atoms with Crippen LogP contribution in [0, 0.1) is 10.1 Å². The van der Waals surface area contributed by atoms with E-state index in [4.69, 9.17) is 5.73 Å². The van der Waals surface area contributed by atoms with Gasteiger partial charge in [-0.15, -0.1) is 0 Å². The number of carbonyl (C=O) groups excluding carboxylic acids is 1. The van der Waals surface area contributed by atoms with Crippen molar-refractivity contribution in [2.45, 2.75) is 13.0 Å². The molecule has 0 bridgehead atoms. The van der Waals surface area contributed by atoms with Gasteiger partial charge in [-0.1, -0.05) is 36.4 Å². The molecule has 3 aromatic rings. The van der Waals surface area contributed by atoms with Gasteiger partial charge >= 0.3 is 0 Å². The Morgan fingerprint density at radius 3 is 2.52 bits per heavy atom. The second-order valence-corrected chi connectivity index (χ2v) is 5.83. The number of hydrogen-bond acceptors (Lipinski definition) is 4. The van der Waals surface area contributed by atoms with Crippen molar-refractivity contribution in [3.05, 3.63) is 81.9 Å². The van der Waals surface area contributed by atoms with Gasteiger partial charge in [-0.2, -0.15) is 0 Å². The zero-order chi connectivity index (χ0) is 18.0. The topological polar surface area (TPSA) is 98.3 Å². The highest BCUT2D eigenvalue weighted by molar-refractivity contribution is 5.96. The number of carbonyl (C=O) groups is 1. The number of nitrogens with two attached hydrogens (primary N) is 1. The van der Waals surface area contributed by atoms with E-state index >= 15 is 0 Å². The summed E-state index contributed by atoms with van der Waals surface area (Å²) in [7, 11) is 0. The normalized spacial score (nSPS) is 11.9. The molecule has 3 rings (SSSR count). The fraction of sp³-hybridized carbons (Fsp3) is 0.105. The monoisotopic (exact) mass is 335 g/mol. The molecule has 0 spiro atoms. The number of nitro groups is 1. The molecule has 6 heteroatoms. The molecule has 1 amide bonds. The van der Waals surface area contributed by atoms with E-state index in [9.17, 15) is 14.9 Å². The van der Waals surface area contributed by atoms with Crippen molar-refractivity contribution in [1.29, 1.82) is 0 Å². The number of anilines is 1. The molecule has 0 aliphatic carbocycles. The molecule has 0 aromatic heterocycles. The summed E-state index contributed by atoms with van der Waals surface area (Å²) >= 11 is 0. The third kappa shape index (κ3) is 3.42. The van der Waals surface area contributed by atoms with E-state index in [0.29, 0.717) is 0 Å². The van der Waals surface area contributed by atoms with Crippen LogP contribution in [0.25, 0.3) is 10.8 Å². The zero-order valence-electron chi connectivity index (χ0n) is 13.6. The van der Waals surface area contributed by atoms with Gasteiger partial charge in [0.15, 0.2) is 0 Å². The molecule has 25 heavy (non-hydrogen) atoms. The number of nitrogen functional groups attached to an aromatic ring is 1. The lowest BCUT2D eigenvalue weighted by Gasteiger charge is -2.15. The highest BCUT2D eigenvalue weighted by Crippen LogP contribution is 2.24. The molecular formula is C19H17N3O3. The van der Waals surface area contributed by atoms with E-state index in [-0.39, 0.29) is 28.9 Å². The molecule has 0 aliphatic heterocycles. The first-order valence-electron chi connectivity index (χ1n) is 7.79. The van der Waals surface area contributed by atoms with Crippen LogP contribution in [0.2, 0.25) is 0 Å². The third-order valence-corrected chi connectivity index (χ3v) is 4.11. The summed E-state index contributed by atoms with van der Waals surface area (Å²) in [4.78, 5) is 22.8. The molecule has 0 heterocycles. The van der Waals surface area contributed by atoms with Crippen molar-refractivity contribution < 1.29 is 9.72 Å². The van der Waals surface area contributed by atoms with Crippen LogP contribution in [0.1, 0.15) is 28.9 Å². The lowest BCUT2D eigenvalue weighted by atomic mass is 10.0. The van der Waals surface area contributed by atoms with Gasteiger partial charge in [0, 0.05) is 11.6 Å². The van der Waals surface area contributed by atoms with Crippen LogP contribution in [-0.4, -0.2) is 10.8 Å². The van der Waals surface area contributed by atoms with Crippen molar-refractivity contribution in [3.8, 4) is 0 Å². The number of nitrogens with one attached hydrogen (secondary N) is 1. The van der Waals surface area contributed by atoms with Crippen LogP contribution in [0.5, 0.6) is 0 Å². The number of benzene rings is 3. The number of hydrogen-bond donors (Lipinski definition) is 2. The predicted octanol–water partition coefficient (Wildman–Crippen LogP) is 3.82. The Morgan fingerprint density at radius 2 is 1.80 bits per heavy atom. The second kappa shape index (κ2) is 6.60. The molecule has 6 nitrogen and oxygen atoms in total. The Labute approximate surface area is 144 Å². The van der Waals surface area contributed by atoms with Crippen LogP contribution in [0.4, 0.5) is 11.4 Å². The predicted molar refractivity (Wildman–Crippen MR) is 97.3 cm³/mol. The van der Waals surface area contributed by atoms with Gasteiger partial charge in [0.05, 0.1) is 11.0 Å². The quantitative estimate of drug-likeness (QED) is 0.430. The minimum absolute atomic E-state index is 0.0316. The summed E-state index contributed by atoms with van der Waals surface area (Å²) < 4.78 is 0. The third-order valence-electron chi connectivity index (χ3n) is 4.11. The van der Waals surface area contributed by atoms with Crippen LogP contribution in [0.15, 0.2) is 60.7 Å². The maximum atomic E-state index is 12.4. The molecule has 1 atom stereocenters. The highest BCUT2D eigenvalue weighted by Gasteiger charge is 2.17. The molecule has 3 aromatic carbocycles. The van der Waals surface area contributed by atoms with Crippen LogP contribution >= 0.6 is 0 Å². The molecular weight excluding hydrogens is 318 g/mol. The smallest absolute Gasteiger partial charge is 0.292 e. The number of nitro benzene ring substituents is 1. The van der Waals surface area contributed by atoms with E-state index in [1.165, 1.54) is 18.2 Å². The molecule has 0 aliphatic rings. The first kappa shape index (κ1) is 16.4. The Bertz CT molecular complexity index is 969. The molecule has 0 fully saturated rings. The van der Waals surface area contributed by atoms with Gasteiger partial charge in [-0.25, -0.2) is 0 Å². The zero-order valence-corrected chi connectivity index (χ0v) is 13.6. The average Bonchev–Trinajstić information content (AvgIpc) is 2.61. The second-order valence-electron chi connectivity index (χ2n) is 5.83. The molecule has 3 N–H and O–H groups in total. The molecule has 0 saturated heterocycles. The first-order valence-corrected chi connectivity index (χ1v) is 7.79. The maximum Gasteiger partial charge on any atom is 0.292 e.